The first-order valence-corrected chi connectivity index (χ1v) is 8.02. The summed E-state index contributed by atoms with van der Waals surface area (Å²) in [6.07, 6.45) is 2.16. The maximum Gasteiger partial charge on any atom is 0.0682 e. The summed E-state index contributed by atoms with van der Waals surface area (Å²) in [4.78, 5) is 1.41. The summed E-state index contributed by atoms with van der Waals surface area (Å²) < 4.78 is 0. The van der Waals surface area contributed by atoms with Crippen molar-refractivity contribution in [2.45, 2.75) is 24.3 Å². The van der Waals surface area contributed by atoms with Gasteiger partial charge in [-0.1, -0.05) is 30.3 Å². The predicted octanol–water partition coefficient (Wildman–Crippen LogP) is 4.14. The highest BCUT2D eigenvalue weighted by atomic mass is 32.2. The molecule has 100 valence electrons. The second kappa shape index (κ2) is 4.80. The predicted molar refractivity (Wildman–Crippen MR) is 84.7 cm³/mol. The summed E-state index contributed by atoms with van der Waals surface area (Å²) in [5.41, 5.74) is 8.19. The standard InChI is InChI=1S/C18H16OS/c19-11-12-5-6-13-10-17-14(16(13)9-12)7-8-20-18-4-2-1-3-15(17)18/h1-6,9,19H,7-8,10-11H2. The summed E-state index contributed by atoms with van der Waals surface area (Å²) in [6.45, 7) is 0.126. The number of aliphatic hydroxyl groups excluding tert-OH is 1. The topological polar surface area (TPSA) is 20.2 Å². The lowest BCUT2D eigenvalue weighted by molar-refractivity contribution is 0.282. The maximum absolute atomic E-state index is 9.36. The van der Waals surface area contributed by atoms with Gasteiger partial charge in [-0.2, -0.15) is 0 Å². The molecule has 2 aromatic carbocycles. The minimum Gasteiger partial charge on any atom is -0.392 e. The normalized spacial score (nSPS) is 16.4. The number of benzene rings is 2. The molecule has 0 radical (unpaired) electrons. The van der Waals surface area contributed by atoms with Crippen LogP contribution in [0.5, 0.6) is 0 Å². The molecule has 0 fully saturated rings. The monoisotopic (exact) mass is 280 g/mol. The Hall–Kier alpha value is -1.51. The quantitative estimate of drug-likeness (QED) is 0.847. The van der Waals surface area contributed by atoms with Crippen LogP contribution in [0.2, 0.25) is 0 Å². The Morgan fingerprint density at radius 2 is 1.90 bits per heavy atom. The minimum atomic E-state index is 0.126. The first-order chi connectivity index (χ1) is 9.86. The van der Waals surface area contributed by atoms with E-state index in [1.807, 2.05) is 17.8 Å². The third-order valence-electron chi connectivity index (χ3n) is 4.24. The fourth-order valence-electron chi connectivity index (χ4n) is 3.26. The average Bonchev–Trinajstić information content (AvgIpc) is 2.75. The lowest BCUT2D eigenvalue weighted by atomic mass is 9.98. The minimum absolute atomic E-state index is 0.126. The van der Waals surface area contributed by atoms with E-state index in [1.165, 1.54) is 32.7 Å². The molecule has 0 spiro atoms. The second-order valence-electron chi connectivity index (χ2n) is 5.38. The van der Waals surface area contributed by atoms with Crippen molar-refractivity contribution in [3.63, 3.8) is 0 Å². The van der Waals surface area contributed by atoms with E-state index in [9.17, 15) is 5.11 Å². The zero-order valence-corrected chi connectivity index (χ0v) is 12.0. The Bertz CT molecular complexity index is 715. The fourth-order valence-corrected chi connectivity index (χ4v) is 4.31. The Labute approximate surface area is 123 Å². The van der Waals surface area contributed by atoms with Crippen LogP contribution in [0.15, 0.2) is 47.4 Å². The van der Waals surface area contributed by atoms with Crippen LogP contribution >= 0.6 is 11.8 Å². The first kappa shape index (κ1) is 12.2. The van der Waals surface area contributed by atoms with Crippen LogP contribution in [-0.4, -0.2) is 10.9 Å². The molecule has 2 aromatic rings. The van der Waals surface area contributed by atoms with Gasteiger partial charge in [0.1, 0.15) is 0 Å². The van der Waals surface area contributed by atoms with E-state index in [-0.39, 0.29) is 6.61 Å². The van der Waals surface area contributed by atoms with Gasteiger partial charge >= 0.3 is 0 Å². The van der Waals surface area contributed by atoms with Gasteiger partial charge in [0.15, 0.2) is 0 Å². The van der Waals surface area contributed by atoms with Crippen LogP contribution in [0, 0.1) is 0 Å². The van der Waals surface area contributed by atoms with Crippen LogP contribution in [0.3, 0.4) is 0 Å². The van der Waals surface area contributed by atoms with Gasteiger partial charge in [0.25, 0.3) is 0 Å². The molecule has 2 heteroatoms. The van der Waals surface area contributed by atoms with Crippen molar-refractivity contribution >= 4 is 22.9 Å². The Morgan fingerprint density at radius 1 is 1.00 bits per heavy atom. The summed E-state index contributed by atoms with van der Waals surface area (Å²) in [5, 5.41) is 9.36. The molecule has 2 aliphatic rings. The lowest BCUT2D eigenvalue weighted by Gasteiger charge is -2.07. The molecule has 1 N–H and O–H groups in total. The van der Waals surface area contributed by atoms with Crippen LogP contribution in [0.1, 0.15) is 28.7 Å². The van der Waals surface area contributed by atoms with Crippen molar-refractivity contribution in [2.24, 2.45) is 0 Å². The van der Waals surface area contributed by atoms with Gasteiger partial charge < -0.3 is 5.11 Å². The molecule has 0 saturated carbocycles. The molecule has 0 amide bonds. The van der Waals surface area contributed by atoms with Crippen molar-refractivity contribution < 1.29 is 5.11 Å². The molecule has 4 rings (SSSR count). The molecular weight excluding hydrogens is 264 g/mol. The number of thioether (sulfide) groups is 1. The number of fused-ring (bicyclic) bond motifs is 4. The third kappa shape index (κ3) is 1.83. The summed E-state index contributed by atoms with van der Waals surface area (Å²) >= 11 is 1.96. The van der Waals surface area contributed by atoms with Gasteiger partial charge in [-0.25, -0.2) is 0 Å². The van der Waals surface area contributed by atoms with E-state index in [1.54, 1.807) is 0 Å². The van der Waals surface area contributed by atoms with Crippen molar-refractivity contribution in [1.29, 1.82) is 0 Å². The molecule has 0 bridgehead atoms. The largest absolute Gasteiger partial charge is 0.392 e. The zero-order chi connectivity index (χ0) is 13.5. The van der Waals surface area contributed by atoms with E-state index in [0.29, 0.717) is 0 Å². The number of allylic oxidation sites excluding steroid dienone is 2. The third-order valence-corrected chi connectivity index (χ3v) is 5.31. The number of rotatable bonds is 1. The van der Waals surface area contributed by atoms with Crippen molar-refractivity contribution in [3.05, 3.63) is 64.7 Å². The first-order valence-electron chi connectivity index (χ1n) is 7.04. The number of aliphatic hydroxyl groups is 1. The lowest BCUT2D eigenvalue weighted by Crippen LogP contribution is -1.91. The molecule has 1 heterocycles. The van der Waals surface area contributed by atoms with E-state index in [0.717, 1.165) is 24.2 Å². The van der Waals surface area contributed by atoms with Crippen molar-refractivity contribution in [2.75, 3.05) is 5.75 Å². The molecule has 1 nitrogen and oxygen atoms in total. The Kier molecular flexibility index (Phi) is 2.94. The van der Waals surface area contributed by atoms with Gasteiger partial charge in [0, 0.05) is 10.6 Å². The number of hydrogen-bond acceptors (Lipinski definition) is 2. The maximum atomic E-state index is 9.36. The van der Waals surface area contributed by atoms with Gasteiger partial charge in [-0.15, -0.1) is 11.8 Å². The van der Waals surface area contributed by atoms with Gasteiger partial charge in [0.2, 0.25) is 0 Å². The van der Waals surface area contributed by atoms with Gasteiger partial charge in [-0.3, -0.25) is 0 Å². The van der Waals surface area contributed by atoms with E-state index < -0.39 is 0 Å². The summed E-state index contributed by atoms with van der Waals surface area (Å²) in [5.74, 6) is 1.14. The van der Waals surface area contributed by atoms with E-state index >= 15 is 0 Å². The van der Waals surface area contributed by atoms with Crippen LogP contribution in [-0.2, 0) is 13.0 Å². The highest BCUT2D eigenvalue weighted by Crippen LogP contribution is 2.46. The molecule has 0 saturated heterocycles. The highest BCUT2D eigenvalue weighted by Gasteiger charge is 2.26. The molecule has 0 atom stereocenters. The average molecular weight is 280 g/mol. The zero-order valence-electron chi connectivity index (χ0n) is 11.2. The molecule has 1 aliphatic heterocycles. The molecular formula is C18H16OS. The van der Waals surface area contributed by atoms with Crippen LogP contribution in [0.4, 0.5) is 0 Å². The van der Waals surface area contributed by atoms with Crippen molar-refractivity contribution in [1.82, 2.24) is 0 Å². The van der Waals surface area contributed by atoms with Gasteiger partial charge in [0.05, 0.1) is 6.61 Å². The van der Waals surface area contributed by atoms with E-state index in [4.69, 9.17) is 0 Å². The van der Waals surface area contributed by atoms with Crippen LogP contribution in [0.25, 0.3) is 11.1 Å². The SMILES string of the molecule is OCc1ccc2c(c1)C1=C(C2)c2ccccc2SCC1. The van der Waals surface area contributed by atoms with Crippen LogP contribution < -0.4 is 0 Å². The second-order valence-corrected chi connectivity index (χ2v) is 6.51. The molecule has 0 unspecified atom stereocenters. The summed E-state index contributed by atoms with van der Waals surface area (Å²) in [7, 11) is 0. The van der Waals surface area contributed by atoms with Crippen molar-refractivity contribution in [3.8, 4) is 0 Å². The smallest absolute Gasteiger partial charge is 0.0682 e. The van der Waals surface area contributed by atoms with Gasteiger partial charge in [-0.05, 0) is 58.4 Å². The highest BCUT2D eigenvalue weighted by molar-refractivity contribution is 7.99. The Morgan fingerprint density at radius 3 is 2.80 bits per heavy atom. The van der Waals surface area contributed by atoms with E-state index in [2.05, 4.69) is 36.4 Å². The number of hydrogen-bond donors (Lipinski definition) is 1. The Balaban J connectivity index is 1.90. The molecule has 1 aliphatic carbocycles. The molecule has 0 aromatic heterocycles. The summed E-state index contributed by atoms with van der Waals surface area (Å²) in [6, 6.07) is 15.2. The fraction of sp³-hybridized carbons (Fsp3) is 0.222. The molecule has 20 heavy (non-hydrogen) atoms.